The maximum Gasteiger partial charge on any atom is 0.142 e. The van der Waals surface area contributed by atoms with Gasteiger partial charge in [-0.15, -0.1) is 0 Å². The number of para-hydroxylation sites is 2. The van der Waals surface area contributed by atoms with Gasteiger partial charge in [0.25, 0.3) is 0 Å². The molecule has 0 saturated carbocycles. The topological polar surface area (TPSA) is 21.3 Å². The Balaban J connectivity index is 2.10. The smallest absolute Gasteiger partial charge is 0.142 e. The second-order valence-electron chi connectivity index (χ2n) is 4.75. The van der Waals surface area contributed by atoms with Crippen LogP contribution < -0.4 is 10.1 Å². The van der Waals surface area contributed by atoms with E-state index < -0.39 is 0 Å². The van der Waals surface area contributed by atoms with Crippen molar-refractivity contribution in [3.8, 4) is 5.75 Å². The molecule has 1 N–H and O–H groups in total. The Hall–Kier alpha value is -1.19. The summed E-state index contributed by atoms with van der Waals surface area (Å²) in [4.78, 5) is 0. The minimum Gasteiger partial charge on any atom is -0.489 e. The summed E-state index contributed by atoms with van der Waals surface area (Å²) in [6, 6.07) is 13.7. The van der Waals surface area contributed by atoms with E-state index in [0.29, 0.717) is 6.54 Å². The van der Waals surface area contributed by atoms with Crippen LogP contribution in [0.25, 0.3) is 0 Å². The predicted molar refractivity (Wildman–Crippen MR) is 88.7 cm³/mol. The van der Waals surface area contributed by atoms with Gasteiger partial charge in [-0.05, 0) is 43.7 Å². The van der Waals surface area contributed by atoms with Gasteiger partial charge in [0.2, 0.25) is 0 Å². The van der Waals surface area contributed by atoms with E-state index in [0.717, 1.165) is 26.5 Å². The van der Waals surface area contributed by atoms with Crippen molar-refractivity contribution in [2.75, 3.05) is 5.32 Å². The van der Waals surface area contributed by atoms with Gasteiger partial charge in [0.05, 0.1) is 11.8 Å². The minimum atomic E-state index is 0.153. The van der Waals surface area contributed by atoms with Crippen molar-refractivity contribution in [2.45, 2.75) is 26.5 Å². The second-order valence-corrected chi connectivity index (χ2v) is 6.04. The third-order valence-corrected chi connectivity index (χ3v) is 3.71. The van der Waals surface area contributed by atoms with Crippen molar-refractivity contribution < 1.29 is 4.74 Å². The fourth-order valence-electron chi connectivity index (χ4n) is 1.82. The number of rotatable bonds is 5. The lowest BCUT2D eigenvalue weighted by Crippen LogP contribution is -2.08. The lowest BCUT2D eigenvalue weighted by molar-refractivity contribution is 0.243. The standard InChI is InChI=1S/C16H17BrClNO/c1-11(2)20-16-6-4-3-5-15(16)19-10-12-7-8-13(18)9-14(12)17/h3-9,11,19H,10H2,1-2H3. The monoisotopic (exact) mass is 353 g/mol. The highest BCUT2D eigenvalue weighted by molar-refractivity contribution is 9.10. The Morgan fingerprint density at radius 3 is 2.65 bits per heavy atom. The second kappa shape index (κ2) is 7.00. The molecule has 0 aromatic heterocycles. The van der Waals surface area contributed by atoms with Crippen molar-refractivity contribution in [1.82, 2.24) is 0 Å². The zero-order chi connectivity index (χ0) is 14.5. The van der Waals surface area contributed by atoms with E-state index in [-0.39, 0.29) is 6.10 Å². The Morgan fingerprint density at radius 1 is 1.20 bits per heavy atom. The van der Waals surface area contributed by atoms with Crippen LogP contribution >= 0.6 is 27.5 Å². The molecule has 0 aliphatic heterocycles. The van der Waals surface area contributed by atoms with E-state index in [9.17, 15) is 0 Å². The van der Waals surface area contributed by atoms with Crippen molar-refractivity contribution in [1.29, 1.82) is 0 Å². The molecule has 0 amide bonds. The highest BCUT2D eigenvalue weighted by atomic mass is 79.9. The third-order valence-electron chi connectivity index (χ3n) is 2.73. The summed E-state index contributed by atoms with van der Waals surface area (Å²) in [6.45, 7) is 4.75. The van der Waals surface area contributed by atoms with E-state index in [4.69, 9.17) is 16.3 Å². The first-order valence-corrected chi connectivity index (χ1v) is 7.67. The lowest BCUT2D eigenvalue weighted by Gasteiger charge is -2.16. The molecule has 20 heavy (non-hydrogen) atoms. The first-order chi connectivity index (χ1) is 9.56. The molecule has 0 atom stereocenters. The maximum atomic E-state index is 5.95. The first kappa shape index (κ1) is 15.2. The number of ether oxygens (including phenoxy) is 1. The summed E-state index contributed by atoms with van der Waals surface area (Å²) >= 11 is 9.47. The molecule has 0 aliphatic carbocycles. The molecule has 0 spiro atoms. The molecule has 2 nitrogen and oxygen atoms in total. The van der Waals surface area contributed by atoms with Gasteiger partial charge in [0, 0.05) is 16.0 Å². The van der Waals surface area contributed by atoms with E-state index in [1.54, 1.807) is 0 Å². The highest BCUT2D eigenvalue weighted by Crippen LogP contribution is 2.27. The van der Waals surface area contributed by atoms with E-state index in [2.05, 4.69) is 21.2 Å². The van der Waals surface area contributed by atoms with Gasteiger partial charge in [-0.1, -0.05) is 45.7 Å². The summed E-state index contributed by atoms with van der Waals surface area (Å²) in [5.41, 5.74) is 2.14. The van der Waals surface area contributed by atoms with E-state index in [1.165, 1.54) is 0 Å². The fourth-order valence-corrected chi connectivity index (χ4v) is 2.65. The fraction of sp³-hybridized carbons (Fsp3) is 0.250. The van der Waals surface area contributed by atoms with Crippen LogP contribution in [0, 0.1) is 0 Å². The van der Waals surface area contributed by atoms with E-state index in [1.807, 2.05) is 56.3 Å². The molecule has 0 radical (unpaired) electrons. The summed E-state index contributed by atoms with van der Waals surface area (Å²) in [7, 11) is 0. The molecule has 2 rings (SSSR count). The van der Waals surface area contributed by atoms with Gasteiger partial charge in [-0.2, -0.15) is 0 Å². The van der Waals surface area contributed by atoms with Crippen molar-refractivity contribution in [3.63, 3.8) is 0 Å². The van der Waals surface area contributed by atoms with Crippen LogP contribution in [0.4, 0.5) is 5.69 Å². The number of anilines is 1. The van der Waals surface area contributed by atoms with Crippen LogP contribution in [0.5, 0.6) is 5.75 Å². The van der Waals surface area contributed by atoms with Crippen LogP contribution in [-0.4, -0.2) is 6.10 Å². The molecular weight excluding hydrogens is 338 g/mol. The largest absolute Gasteiger partial charge is 0.489 e. The normalized spacial score (nSPS) is 10.7. The Kier molecular flexibility index (Phi) is 5.32. The van der Waals surface area contributed by atoms with E-state index >= 15 is 0 Å². The van der Waals surface area contributed by atoms with Gasteiger partial charge < -0.3 is 10.1 Å². The molecule has 106 valence electrons. The molecule has 0 fully saturated rings. The average molecular weight is 355 g/mol. The highest BCUT2D eigenvalue weighted by Gasteiger charge is 2.06. The molecule has 0 saturated heterocycles. The molecular formula is C16H17BrClNO. The lowest BCUT2D eigenvalue weighted by atomic mass is 10.2. The predicted octanol–water partition coefficient (Wildman–Crippen LogP) is 5.50. The Labute approximate surface area is 133 Å². The number of hydrogen-bond acceptors (Lipinski definition) is 2. The first-order valence-electron chi connectivity index (χ1n) is 6.49. The van der Waals surface area contributed by atoms with Crippen LogP contribution in [0.3, 0.4) is 0 Å². The van der Waals surface area contributed by atoms with Crippen LogP contribution in [0.1, 0.15) is 19.4 Å². The van der Waals surface area contributed by atoms with Gasteiger partial charge in [-0.25, -0.2) is 0 Å². The van der Waals surface area contributed by atoms with Crippen LogP contribution in [0.15, 0.2) is 46.9 Å². The van der Waals surface area contributed by atoms with Crippen molar-refractivity contribution in [2.24, 2.45) is 0 Å². The third kappa shape index (κ3) is 4.15. The molecule has 2 aromatic rings. The molecule has 0 aliphatic rings. The van der Waals surface area contributed by atoms with Gasteiger partial charge in [0.15, 0.2) is 0 Å². The Bertz CT molecular complexity index is 586. The SMILES string of the molecule is CC(C)Oc1ccccc1NCc1ccc(Cl)cc1Br. The quantitative estimate of drug-likeness (QED) is 0.765. The summed E-state index contributed by atoms with van der Waals surface area (Å²) in [5.74, 6) is 0.868. The van der Waals surface area contributed by atoms with Crippen molar-refractivity contribution in [3.05, 3.63) is 57.5 Å². The zero-order valence-electron chi connectivity index (χ0n) is 11.5. The number of halogens is 2. The summed E-state index contributed by atoms with van der Waals surface area (Å²) in [6.07, 6.45) is 0.153. The average Bonchev–Trinajstić information content (AvgIpc) is 2.39. The van der Waals surface area contributed by atoms with Gasteiger partial charge in [-0.3, -0.25) is 0 Å². The molecule has 4 heteroatoms. The number of benzene rings is 2. The van der Waals surface area contributed by atoms with Crippen LogP contribution in [0.2, 0.25) is 5.02 Å². The molecule has 0 heterocycles. The Morgan fingerprint density at radius 2 is 1.95 bits per heavy atom. The number of nitrogens with one attached hydrogen (secondary N) is 1. The maximum absolute atomic E-state index is 5.95. The molecule has 0 bridgehead atoms. The summed E-state index contributed by atoms with van der Waals surface area (Å²) in [5, 5.41) is 4.12. The molecule has 2 aromatic carbocycles. The number of hydrogen-bond donors (Lipinski definition) is 1. The minimum absolute atomic E-state index is 0.153. The molecule has 0 unspecified atom stereocenters. The van der Waals surface area contributed by atoms with Crippen LogP contribution in [-0.2, 0) is 6.54 Å². The van der Waals surface area contributed by atoms with Gasteiger partial charge in [0.1, 0.15) is 5.75 Å². The van der Waals surface area contributed by atoms with Crippen molar-refractivity contribution >= 4 is 33.2 Å². The summed E-state index contributed by atoms with van der Waals surface area (Å²) < 4.78 is 6.79. The zero-order valence-corrected chi connectivity index (χ0v) is 13.8. The van der Waals surface area contributed by atoms with Gasteiger partial charge >= 0.3 is 0 Å².